The van der Waals surface area contributed by atoms with Crippen molar-refractivity contribution < 1.29 is 18.9 Å². The molecule has 2 aliphatic rings. The van der Waals surface area contributed by atoms with E-state index < -0.39 is 5.41 Å². The maximum absolute atomic E-state index is 5.82. The second-order valence-electron chi connectivity index (χ2n) is 24.3. The van der Waals surface area contributed by atoms with E-state index in [1.165, 1.54) is 62.6 Å². The Morgan fingerprint density at radius 1 is 0.227 bits per heavy atom. The van der Waals surface area contributed by atoms with E-state index in [4.69, 9.17) is 18.9 Å². The molecule has 0 unspecified atom stereocenters. The van der Waals surface area contributed by atoms with Gasteiger partial charge in [-0.2, -0.15) is 0 Å². The van der Waals surface area contributed by atoms with Crippen molar-refractivity contribution in [1.29, 1.82) is 0 Å². The zero-order valence-corrected chi connectivity index (χ0v) is 56.5. The van der Waals surface area contributed by atoms with E-state index in [0.29, 0.717) is 0 Å². The number of fused-ring (bicyclic) bond motifs is 14. The minimum atomic E-state index is -0.956. The van der Waals surface area contributed by atoms with Gasteiger partial charge in [0.1, 0.15) is 43.0 Å². The van der Waals surface area contributed by atoms with Crippen molar-refractivity contribution in [3.05, 3.63) is 313 Å². The van der Waals surface area contributed by atoms with Gasteiger partial charge in [0.2, 0.25) is 0 Å². The molecule has 8 nitrogen and oxygen atoms in total. The van der Waals surface area contributed by atoms with Crippen LogP contribution in [0.15, 0.2) is 291 Å². The highest BCUT2D eigenvalue weighted by molar-refractivity contribution is 7.24. The number of nitrogens with zero attached hydrogens (tertiary/aromatic N) is 4. The molecule has 18 rings (SSSR count). The highest BCUT2D eigenvalue weighted by Crippen LogP contribution is 2.66. The zero-order valence-electron chi connectivity index (χ0n) is 53.3. The molecule has 0 saturated carbocycles. The van der Waals surface area contributed by atoms with Crippen molar-refractivity contribution in [1.82, 2.24) is 0 Å². The Morgan fingerprint density at radius 2 is 0.433 bits per heavy atom. The van der Waals surface area contributed by atoms with Gasteiger partial charge in [-0.05, 0) is 260 Å². The van der Waals surface area contributed by atoms with Crippen LogP contribution in [0, 0.1) is 0 Å². The van der Waals surface area contributed by atoms with E-state index in [-0.39, 0.29) is 0 Å². The molecular formula is C85H60N4O4S4. The van der Waals surface area contributed by atoms with Gasteiger partial charge in [-0.1, -0.05) is 97.1 Å². The standard InChI is InChI=1S/C85H60N4O4S4/c1-90-65-33-21-57(22-34-65)86(81-45-53-13-5-9-17-77(53)94-81)61-29-41-69-70-42-30-62(87(58-23-35-66(91-2)36-24-58)82-46-54-14-6-10-18-78(54)95-82)50-74(70)85(73(69)49-61)75-51-63(88(59-25-37-67(92-3)38-26-59)83-47-55-15-7-11-19-79(55)96-83)31-43-71(75)72-44-32-64(52-76(72)85)89(60-27-39-68(93-4)40-28-60)84-48-56-16-8-12-20-80(56)97-84/h5-52H,1-4H3. The Bertz CT molecular complexity index is 4860. The van der Waals surface area contributed by atoms with Crippen molar-refractivity contribution in [2.24, 2.45) is 0 Å². The minimum Gasteiger partial charge on any atom is -0.497 e. The molecule has 0 amide bonds. The van der Waals surface area contributed by atoms with Gasteiger partial charge in [0.25, 0.3) is 0 Å². The number of hydrogen-bond donors (Lipinski definition) is 0. The maximum Gasteiger partial charge on any atom is 0.119 e. The molecule has 12 aromatic carbocycles. The minimum absolute atomic E-state index is 0.794. The Morgan fingerprint density at radius 3 is 0.639 bits per heavy atom. The topological polar surface area (TPSA) is 49.9 Å². The van der Waals surface area contributed by atoms with E-state index in [9.17, 15) is 0 Å². The van der Waals surface area contributed by atoms with E-state index >= 15 is 0 Å². The van der Waals surface area contributed by atoms with Crippen LogP contribution in [0.1, 0.15) is 22.3 Å². The smallest absolute Gasteiger partial charge is 0.119 e. The highest BCUT2D eigenvalue weighted by atomic mass is 32.1. The number of hydrogen-bond acceptors (Lipinski definition) is 12. The van der Waals surface area contributed by atoms with Gasteiger partial charge >= 0.3 is 0 Å². The van der Waals surface area contributed by atoms with Gasteiger partial charge in [0, 0.05) is 64.3 Å². The summed E-state index contributed by atoms with van der Waals surface area (Å²) >= 11 is 7.19. The molecular weight excluding hydrogens is 1270 g/mol. The summed E-state index contributed by atoms with van der Waals surface area (Å²) in [5.41, 5.74) is 16.6. The van der Waals surface area contributed by atoms with Gasteiger partial charge in [-0.3, -0.25) is 0 Å². The van der Waals surface area contributed by atoms with Gasteiger partial charge in [0.05, 0.1) is 33.9 Å². The molecule has 97 heavy (non-hydrogen) atoms. The van der Waals surface area contributed by atoms with Gasteiger partial charge in [-0.15, -0.1) is 45.3 Å². The maximum atomic E-state index is 5.82. The molecule has 0 atom stereocenters. The first-order valence-corrected chi connectivity index (χ1v) is 35.4. The first-order chi connectivity index (χ1) is 47.8. The summed E-state index contributed by atoms with van der Waals surface area (Å²) in [6.45, 7) is 0. The lowest BCUT2D eigenvalue weighted by Crippen LogP contribution is -2.27. The molecule has 4 heterocycles. The SMILES string of the molecule is COc1ccc(N(c2ccc3c(c2)C2(c4cc(N(c5ccc(OC)cc5)c5cc6ccccc6s5)ccc4-3)c3cc(N(c4ccc(OC)cc4)c4cc5ccccc5s4)ccc3-c3ccc(N(c4ccc(OC)cc4)c4cc5ccccc5s4)cc32)c2cc3ccccc3s2)cc1. The molecule has 0 N–H and O–H groups in total. The molecule has 2 aliphatic carbocycles. The summed E-state index contributed by atoms with van der Waals surface area (Å²) in [6.07, 6.45) is 0. The number of ether oxygens (including phenoxy) is 4. The normalized spacial score (nSPS) is 12.4. The van der Waals surface area contributed by atoms with Crippen LogP contribution in [0.5, 0.6) is 23.0 Å². The number of thiophene rings is 4. The number of rotatable bonds is 16. The lowest BCUT2D eigenvalue weighted by molar-refractivity contribution is 0.414. The lowest BCUT2D eigenvalue weighted by atomic mass is 9.70. The molecule has 16 aromatic rings. The van der Waals surface area contributed by atoms with E-state index in [2.05, 4.69) is 311 Å². The van der Waals surface area contributed by atoms with Crippen LogP contribution < -0.4 is 38.5 Å². The van der Waals surface area contributed by atoms with Crippen LogP contribution >= 0.6 is 45.3 Å². The van der Waals surface area contributed by atoms with E-state index in [0.717, 1.165) is 111 Å². The second-order valence-corrected chi connectivity index (χ2v) is 28.5. The summed E-state index contributed by atoms with van der Waals surface area (Å²) in [5.74, 6) is 3.18. The van der Waals surface area contributed by atoms with Gasteiger partial charge in [-0.25, -0.2) is 0 Å². The van der Waals surface area contributed by atoms with Crippen LogP contribution in [0.4, 0.5) is 65.5 Å². The molecule has 0 saturated heterocycles. The molecule has 468 valence electrons. The Kier molecular flexibility index (Phi) is 14.3. The summed E-state index contributed by atoms with van der Waals surface area (Å²) in [6, 6.07) is 107. The molecule has 0 radical (unpaired) electrons. The molecule has 12 heteroatoms. The third-order valence-corrected chi connectivity index (χ3v) is 23.5. The highest BCUT2D eigenvalue weighted by Gasteiger charge is 2.53. The van der Waals surface area contributed by atoms with Crippen molar-refractivity contribution in [2.45, 2.75) is 5.41 Å². The average molecular weight is 1330 g/mol. The van der Waals surface area contributed by atoms with Gasteiger partial charge in [0.15, 0.2) is 0 Å². The van der Waals surface area contributed by atoms with Crippen LogP contribution in [-0.4, -0.2) is 28.4 Å². The first kappa shape index (κ1) is 58.5. The number of anilines is 12. The lowest BCUT2D eigenvalue weighted by Gasteiger charge is -2.34. The summed E-state index contributed by atoms with van der Waals surface area (Å²) in [5, 5.41) is 9.18. The zero-order chi connectivity index (χ0) is 64.9. The number of methoxy groups -OCH3 is 4. The van der Waals surface area contributed by atoms with Crippen LogP contribution in [0.2, 0.25) is 0 Å². The van der Waals surface area contributed by atoms with Gasteiger partial charge < -0.3 is 38.5 Å². The van der Waals surface area contributed by atoms with E-state index in [1.54, 1.807) is 73.8 Å². The van der Waals surface area contributed by atoms with Crippen molar-refractivity contribution in [3.8, 4) is 45.3 Å². The molecule has 1 spiro atoms. The fourth-order valence-corrected chi connectivity index (χ4v) is 19.0. The summed E-state index contributed by atoms with van der Waals surface area (Å²) in [7, 11) is 6.91. The molecule has 0 bridgehead atoms. The Hall–Kier alpha value is -11.1. The van der Waals surface area contributed by atoms with Crippen molar-refractivity contribution in [3.63, 3.8) is 0 Å². The third-order valence-electron chi connectivity index (χ3n) is 19.1. The Labute approximate surface area is 578 Å². The van der Waals surface area contributed by atoms with Crippen LogP contribution in [0.25, 0.3) is 62.6 Å². The van der Waals surface area contributed by atoms with Crippen LogP contribution in [-0.2, 0) is 5.41 Å². The van der Waals surface area contributed by atoms with Crippen molar-refractivity contribution in [2.75, 3.05) is 48.0 Å². The average Bonchev–Trinajstić information content (AvgIpc) is 1.50. The summed E-state index contributed by atoms with van der Waals surface area (Å²) < 4.78 is 28.1. The largest absolute Gasteiger partial charge is 0.497 e. The van der Waals surface area contributed by atoms with Crippen molar-refractivity contribution >= 4 is 151 Å². The second kappa shape index (κ2) is 23.7. The summed E-state index contributed by atoms with van der Waals surface area (Å²) in [4.78, 5) is 9.73. The molecule has 0 fully saturated rings. The Balaban J connectivity index is 0.951. The molecule has 4 aromatic heterocycles. The fraction of sp³-hybridized carbons (Fsp3) is 0.0588. The van der Waals surface area contributed by atoms with E-state index in [1.807, 2.05) is 0 Å². The first-order valence-electron chi connectivity index (χ1n) is 32.1. The number of benzene rings is 12. The predicted octanol–water partition coefficient (Wildman–Crippen LogP) is 24.8. The third kappa shape index (κ3) is 9.72. The molecule has 0 aliphatic heterocycles. The fourth-order valence-electron chi connectivity index (χ4n) is 14.6. The quantitative estimate of drug-likeness (QED) is 0.0949. The monoisotopic (exact) mass is 1330 g/mol. The predicted molar refractivity (Wildman–Crippen MR) is 409 cm³/mol. The van der Waals surface area contributed by atoms with Crippen LogP contribution in [0.3, 0.4) is 0 Å².